The summed E-state index contributed by atoms with van der Waals surface area (Å²) in [6.07, 6.45) is 1.60. The first-order valence-corrected chi connectivity index (χ1v) is 4.09. The Labute approximate surface area is 79.7 Å². The Morgan fingerprint density at radius 3 is 2.79 bits per heavy atom. The molecule has 0 bridgehead atoms. The van der Waals surface area contributed by atoms with Gasteiger partial charge in [0, 0.05) is 0 Å². The molecule has 8 heteroatoms. The van der Waals surface area contributed by atoms with Crippen LogP contribution in [0.4, 0.5) is 0 Å². The van der Waals surface area contributed by atoms with Crippen LogP contribution in [0.5, 0.6) is 0 Å². The third-order valence-electron chi connectivity index (χ3n) is 1.62. The van der Waals surface area contributed by atoms with E-state index in [0.717, 1.165) is 0 Å². The maximum atomic E-state index is 5.37. The molecule has 2 aromatic rings. The van der Waals surface area contributed by atoms with Crippen molar-refractivity contribution in [2.45, 2.75) is 13.1 Å². The highest BCUT2D eigenvalue weighted by Crippen LogP contribution is 1.92. The second-order valence-electron chi connectivity index (χ2n) is 2.76. The lowest BCUT2D eigenvalue weighted by atomic mass is 10.6. The van der Waals surface area contributed by atoms with E-state index in [1.54, 1.807) is 18.1 Å². The van der Waals surface area contributed by atoms with Gasteiger partial charge in [0.15, 0.2) is 11.6 Å². The first kappa shape index (κ1) is 8.75. The van der Waals surface area contributed by atoms with Crippen LogP contribution in [0, 0.1) is 0 Å². The molecule has 0 amide bonds. The Hall–Kier alpha value is -1.83. The van der Waals surface area contributed by atoms with Crippen LogP contribution in [0.25, 0.3) is 0 Å². The van der Waals surface area contributed by atoms with Gasteiger partial charge in [-0.25, -0.2) is 9.67 Å². The van der Waals surface area contributed by atoms with Crippen LogP contribution < -0.4 is 5.73 Å². The summed E-state index contributed by atoms with van der Waals surface area (Å²) >= 11 is 0. The number of hydrogen-bond acceptors (Lipinski definition) is 6. The quantitative estimate of drug-likeness (QED) is 0.625. The molecular weight excluding hydrogens is 184 g/mol. The largest absolute Gasteiger partial charge is 0.324 e. The molecule has 0 atom stereocenters. The first-order valence-electron chi connectivity index (χ1n) is 4.09. The van der Waals surface area contributed by atoms with E-state index >= 15 is 0 Å². The van der Waals surface area contributed by atoms with Crippen molar-refractivity contribution < 1.29 is 0 Å². The summed E-state index contributed by atoms with van der Waals surface area (Å²) in [7, 11) is 1.71. The van der Waals surface area contributed by atoms with Crippen molar-refractivity contribution >= 4 is 0 Å². The number of nitrogens with zero attached hydrogens (tertiary/aromatic N) is 7. The number of tetrazole rings is 1. The lowest BCUT2D eigenvalue weighted by molar-refractivity contribution is 0.615. The van der Waals surface area contributed by atoms with E-state index in [-0.39, 0.29) is 0 Å². The third-order valence-corrected chi connectivity index (χ3v) is 1.62. The molecule has 0 aliphatic rings. The fourth-order valence-electron chi connectivity index (χ4n) is 1.03. The van der Waals surface area contributed by atoms with Gasteiger partial charge in [0.25, 0.3) is 0 Å². The Kier molecular flexibility index (Phi) is 2.19. The molecule has 0 saturated heterocycles. The van der Waals surface area contributed by atoms with Crippen molar-refractivity contribution in [3.8, 4) is 0 Å². The second-order valence-corrected chi connectivity index (χ2v) is 2.76. The summed E-state index contributed by atoms with van der Waals surface area (Å²) < 4.78 is 1.62. The van der Waals surface area contributed by atoms with Gasteiger partial charge in [-0.05, 0) is 5.21 Å². The van der Waals surface area contributed by atoms with E-state index in [1.165, 1.54) is 4.80 Å². The number of aromatic nitrogens is 7. The number of nitrogens with two attached hydrogens (primary N) is 1. The molecule has 0 unspecified atom stereocenters. The summed E-state index contributed by atoms with van der Waals surface area (Å²) in [6.45, 7) is 0.793. The Morgan fingerprint density at radius 1 is 1.36 bits per heavy atom. The van der Waals surface area contributed by atoms with Gasteiger partial charge in [-0.3, -0.25) is 0 Å². The fourth-order valence-corrected chi connectivity index (χ4v) is 1.03. The molecule has 0 aromatic carbocycles. The molecule has 8 nitrogen and oxygen atoms in total. The van der Waals surface area contributed by atoms with Crippen LogP contribution in [0.2, 0.25) is 0 Å². The molecule has 0 aliphatic carbocycles. The Morgan fingerprint density at radius 2 is 2.21 bits per heavy atom. The normalized spacial score (nSPS) is 10.7. The molecule has 0 spiro atoms. The maximum absolute atomic E-state index is 5.37. The third kappa shape index (κ3) is 1.74. The summed E-state index contributed by atoms with van der Waals surface area (Å²) in [4.78, 5) is 5.38. The lowest BCUT2D eigenvalue weighted by Crippen LogP contribution is -2.05. The highest BCUT2D eigenvalue weighted by atomic mass is 15.6. The predicted octanol–water partition coefficient (Wildman–Crippen LogP) is -1.69. The lowest BCUT2D eigenvalue weighted by Gasteiger charge is -1.92. The Balaban J connectivity index is 2.10. The molecule has 0 saturated carbocycles. The number of aryl methyl sites for hydroxylation is 1. The van der Waals surface area contributed by atoms with Crippen LogP contribution in [0.1, 0.15) is 11.6 Å². The summed E-state index contributed by atoms with van der Waals surface area (Å²) in [5.41, 5.74) is 5.37. The first-order chi connectivity index (χ1) is 6.78. The SMILES string of the molecule is Cn1nnc(Cn2cnc(CN)n2)n1. The molecular formula is C6H10N8. The van der Waals surface area contributed by atoms with Crippen molar-refractivity contribution in [2.75, 3.05) is 0 Å². The van der Waals surface area contributed by atoms with Gasteiger partial charge in [-0.1, -0.05) is 0 Å². The minimum Gasteiger partial charge on any atom is -0.324 e. The molecule has 2 aromatic heterocycles. The summed E-state index contributed by atoms with van der Waals surface area (Å²) in [6, 6.07) is 0. The van der Waals surface area contributed by atoms with Crippen molar-refractivity contribution in [3.63, 3.8) is 0 Å². The monoisotopic (exact) mass is 194 g/mol. The van der Waals surface area contributed by atoms with Crippen LogP contribution in [0.15, 0.2) is 6.33 Å². The smallest absolute Gasteiger partial charge is 0.196 e. The van der Waals surface area contributed by atoms with Gasteiger partial charge in [0.1, 0.15) is 12.9 Å². The van der Waals surface area contributed by atoms with Gasteiger partial charge in [-0.2, -0.15) is 9.90 Å². The molecule has 2 heterocycles. The van der Waals surface area contributed by atoms with E-state index in [1.807, 2.05) is 0 Å². The van der Waals surface area contributed by atoms with Crippen LogP contribution in [-0.4, -0.2) is 35.0 Å². The zero-order chi connectivity index (χ0) is 9.97. The maximum Gasteiger partial charge on any atom is 0.196 e. The predicted molar refractivity (Wildman–Crippen MR) is 45.8 cm³/mol. The average molecular weight is 194 g/mol. The van der Waals surface area contributed by atoms with E-state index in [2.05, 4.69) is 25.5 Å². The van der Waals surface area contributed by atoms with Crippen molar-refractivity contribution in [2.24, 2.45) is 12.8 Å². The summed E-state index contributed by atoms with van der Waals surface area (Å²) in [5, 5.41) is 15.6. The van der Waals surface area contributed by atoms with Crippen LogP contribution in [0.3, 0.4) is 0 Å². The highest BCUT2D eigenvalue weighted by molar-refractivity contribution is 4.83. The van der Waals surface area contributed by atoms with Gasteiger partial charge in [0.05, 0.1) is 13.6 Å². The fraction of sp³-hybridized carbons (Fsp3) is 0.500. The minimum atomic E-state index is 0.334. The molecule has 2 rings (SSSR count). The number of hydrogen-bond donors (Lipinski definition) is 1. The summed E-state index contributed by atoms with van der Waals surface area (Å²) in [5.74, 6) is 1.20. The molecule has 0 radical (unpaired) electrons. The van der Waals surface area contributed by atoms with Gasteiger partial charge >= 0.3 is 0 Å². The molecule has 14 heavy (non-hydrogen) atoms. The van der Waals surface area contributed by atoms with Gasteiger partial charge in [0.2, 0.25) is 0 Å². The van der Waals surface area contributed by atoms with Gasteiger partial charge < -0.3 is 5.73 Å². The van der Waals surface area contributed by atoms with Crippen molar-refractivity contribution in [3.05, 3.63) is 18.0 Å². The van der Waals surface area contributed by atoms with E-state index in [4.69, 9.17) is 5.73 Å². The zero-order valence-electron chi connectivity index (χ0n) is 7.70. The standard InChI is InChI=1S/C6H10N8/c1-13-10-6(9-12-13)3-14-4-8-5(2-7)11-14/h4H,2-3,7H2,1H3. The van der Waals surface area contributed by atoms with E-state index in [9.17, 15) is 0 Å². The molecule has 74 valence electrons. The van der Waals surface area contributed by atoms with E-state index in [0.29, 0.717) is 24.7 Å². The molecule has 0 fully saturated rings. The van der Waals surface area contributed by atoms with Crippen molar-refractivity contribution in [1.82, 2.24) is 35.0 Å². The highest BCUT2D eigenvalue weighted by Gasteiger charge is 2.03. The average Bonchev–Trinajstić information content (AvgIpc) is 2.76. The zero-order valence-corrected chi connectivity index (χ0v) is 7.70. The second kappa shape index (κ2) is 3.50. The molecule has 0 aliphatic heterocycles. The molecule has 2 N–H and O–H groups in total. The van der Waals surface area contributed by atoms with Crippen molar-refractivity contribution in [1.29, 1.82) is 0 Å². The van der Waals surface area contributed by atoms with Crippen LogP contribution in [-0.2, 0) is 20.1 Å². The van der Waals surface area contributed by atoms with E-state index < -0.39 is 0 Å². The number of rotatable bonds is 3. The van der Waals surface area contributed by atoms with Gasteiger partial charge in [-0.15, -0.1) is 10.2 Å². The topological polar surface area (TPSA) is 100 Å². The minimum absolute atomic E-state index is 0.334. The van der Waals surface area contributed by atoms with Crippen LogP contribution >= 0.6 is 0 Å². The Bertz CT molecular complexity index is 415.